The Morgan fingerprint density at radius 2 is 1.90 bits per heavy atom. The van der Waals surface area contributed by atoms with E-state index in [4.69, 9.17) is 18.6 Å². The molecule has 152 valence electrons. The largest absolute Gasteiger partial charge is 0.466 e. The molecule has 0 fully saturated rings. The number of benzene rings is 2. The van der Waals surface area contributed by atoms with Gasteiger partial charge in [0.15, 0.2) is 11.5 Å². The highest BCUT2D eigenvalue weighted by Gasteiger charge is 2.19. The summed E-state index contributed by atoms with van der Waals surface area (Å²) in [6.07, 6.45) is 3.00. The molecule has 1 aliphatic heterocycles. The van der Waals surface area contributed by atoms with Crippen LogP contribution < -0.4 is 14.8 Å². The molecule has 0 aliphatic carbocycles. The maximum absolute atomic E-state index is 12.7. The minimum Gasteiger partial charge on any atom is -0.466 e. The van der Waals surface area contributed by atoms with Gasteiger partial charge < -0.3 is 23.9 Å². The van der Waals surface area contributed by atoms with Gasteiger partial charge >= 0.3 is 5.97 Å². The Labute approximate surface area is 180 Å². The van der Waals surface area contributed by atoms with Gasteiger partial charge in [-0.05, 0) is 64.0 Å². The Balaban J connectivity index is 1.59. The van der Waals surface area contributed by atoms with Gasteiger partial charge in [-0.15, -0.1) is 0 Å². The van der Waals surface area contributed by atoms with Crippen LogP contribution >= 0.6 is 15.9 Å². The summed E-state index contributed by atoms with van der Waals surface area (Å²) in [5, 5.41) is 2.64. The predicted molar refractivity (Wildman–Crippen MR) is 111 cm³/mol. The van der Waals surface area contributed by atoms with Crippen molar-refractivity contribution in [1.29, 1.82) is 0 Å². The number of carbonyl (C=O) groups is 2. The third-order valence-electron chi connectivity index (χ3n) is 4.22. The summed E-state index contributed by atoms with van der Waals surface area (Å²) in [5.41, 5.74) is 0.991. The molecule has 0 spiro atoms. The molecule has 1 aromatic heterocycles. The Morgan fingerprint density at radius 3 is 2.70 bits per heavy atom. The molecule has 3 aromatic rings. The Bertz CT molecular complexity index is 1110. The number of hydrogen-bond acceptors (Lipinski definition) is 6. The van der Waals surface area contributed by atoms with Crippen molar-refractivity contribution in [2.45, 2.75) is 6.61 Å². The third-order valence-corrected chi connectivity index (χ3v) is 4.91. The second-order valence-corrected chi connectivity index (χ2v) is 7.11. The molecule has 8 heteroatoms. The molecule has 7 nitrogen and oxygen atoms in total. The Hall–Kier alpha value is -3.52. The average molecular weight is 470 g/mol. The van der Waals surface area contributed by atoms with Gasteiger partial charge in [-0.1, -0.05) is 18.2 Å². The lowest BCUT2D eigenvalue weighted by Gasteiger charge is -2.11. The van der Waals surface area contributed by atoms with E-state index in [-0.39, 0.29) is 19.1 Å². The number of esters is 1. The number of amides is 1. The summed E-state index contributed by atoms with van der Waals surface area (Å²) in [5.74, 6) is 0.507. The topological polar surface area (TPSA) is 87.0 Å². The zero-order chi connectivity index (χ0) is 20.9. The highest BCUT2D eigenvalue weighted by molar-refractivity contribution is 9.10. The number of carbonyl (C=O) groups excluding carboxylic acids is 2. The maximum atomic E-state index is 12.7. The summed E-state index contributed by atoms with van der Waals surface area (Å²) >= 11 is 3.34. The van der Waals surface area contributed by atoms with Crippen molar-refractivity contribution in [3.63, 3.8) is 0 Å². The van der Waals surface area contributed by atoms with Gasteiger partial charge in [-0.3, -0.25) is 4.79 Å². The van der Waals surface area contributed by atoms with Gasteiger partial charge in [-0.2, -0.15) is 0 Å². The molecule has 4 rings (SSSR count). The lowest BCUT2D eigenvalue weighted by atomic mass is 10.1. The molecule has 0 saturated carbocycles. The minimum absolute atomic E-state index is 0.0267. The highest BCUT2D eigenvalue weighted by Crippen LogP contribution is 2.33. The van der Waals surface area contributed by atoms with E-state index < -0.39 is 11.9 Å². The molecule has 1 amide bonds. The van der Waals surface area contributed by atoms with Crippen molar-refractivity contribution in [1.82, 2.24) is 5.32 Å². The molecule has 1 N–H and O–H groups in total. The SMILES string of the molecule is O=C(OCc1ccco1)/C(=C/c1ccc2c(c1)OCO2)NC(=O)c1ccccc1Br. The smallest absolute Gasteiger partial charge is 0.355 e. The Morgan fingerprint density at radius 1 is 1.07 bits per heavy atom. The van der Waals surface area contributed by atoms with E-state index in [1.807, 2.05) is 0 Å². The van der Waals surface area contributed by atoms with Crippen LogP contribution in [0.15, 0.2) is 75.4 Å². The van der Waals surface area contributed by atoms with Crippen LogP contribution in [0.4, 0.5) is 0 Å². The van der Waals surface area contributed by atoms with Gasteiger partial charge in [0.1, 0.15) is 18.1 Å². The van der Waals surface area contributed by atoms with E-state index in [0.717, 1.165) is 0 Å². The monoisotopic (exact) mass is 469 g/mol. The van der Waals surface area contributed by atoms with Crippen molar-refractivity contribution in [2.75, 3.05) is 6.79 Å². The summed E-state index contributed by atoms with van der Waals surface area (Å²) in [7, 11) is 0. The van der Waals surface area contributed by atoms with Crippen molar-refractivity contribution in [2.24, 2.45) is 0 Å². The molecular formula is C22H16BrNO6. The van der Waals surface area contributed by atoms with E-state index in [1.165, 1.54) is 12.3 Å². The first kappa shape index (κ1) is 19.8. The van der Waals surface area contributed by atoms with Crippen LogP contribution in [0.1, 0.15) is 21.7 Å². The maximum Gasteiger partial charge on any atom is 0.355 e. The first-order valence-corrected chi connectivity index (χ1v) is 9.76. The number of ether oxygens (including phenoxy) is 3. The van der Waals surface area contributed by atoms with Crippen molar-refractivity contribution >= 4 is 33.9 Å². The van der Waals surface area contributed by atoms with E-state index in [2.05, 4.69) is 21.2 Å². The molecule has 30 heavy (non-hydrogen) atoms. The normalized spacial score (nSPS) is 12.5. The fourth-order valence-corrected chi connectivity index (χ4v) is 3.22. The highest BCUT2D eigenvalue weighted by atomic mass is 79.9. The number of nitrogens with one attached hydrogen (secondary N) is 1. The zero-order valence-electron chi connectivity index (χ0n) is 15.6. The summed E-state index contributed by atoms with van der Waals surface area (Å²) in [4.78, 5) is 25.5. The lowest BCUT2D eigenvalue weighted by Crippen LogP contribution is -2.28. The number of rotatable bonds is 6. The fourth-order valence-electron chi connectivity index (χ4n) is 2.76. The molecule has 0 radical (unpaired) electrons. The summed E-state index contributed by atoms with van der Waals surface area (Å²) < 4.78 is 21.8. The van der Waals surface area contributed by atoms with Crippen LogP contribution in [0, 0.1) is 0 Å². The van der Waals surface area contributed by atoms with E-state index >= 15 is 0 Å². The van der Waals surface area contributed by atoms with Crippen LogP contribution in [0.2, 0.25) is 0 Å². The van der Waals surface area contributed by atoms with Gasteiger partial charge in [0, 0.05) is 4.47 Å². The molecule has 0 saturated heterocycles. The van der Waals surface area contributed by atoms with Gasteiger partial charge in [0.25, 0.3) is 5.91 Å². The second kappa shape index (κ2) is 8.87. The van der Waals surface area contributed by atoms with Crippen molar-refractivity contribution in [3.8, 4) is 11.5 Å². The minimum atomic E-state index is -0.704. The first-order valence-electron chi connectivity index (χ1n) is 8.97. The number of fused-ring (bicyclic) bond motifs is 1. The molecule has 0 bridgehead atoms. The van der Waals surface area contributed by atoms with E-state index in [0.29, 0.717) is 32.9 Å². The van der Waals surface area contributed by atoms with Crippen molar-refractivity contribution in [3.05, 3.63) is 87.9 Å². The fraction of sp³-hybridized carbons (Fsp3) is 0.0909. The van der Waals surface area contributed by atoms with Crippen LogP contribution in [0.25, 0.3) is 6.08 Å². The van der Waals surface area contributed by atoms with E-state index in [9.17, 15) is 9.59 Å². The van der Waals surface area contributed by atoms with Crippen LogP contribution in [0.3, 0.4) is 0 Å². The lowest BCUT2D eigenvalue weighted by molar-refractivity contribution is -0.141. The average Bonchev–Trinajstić information content (AvgIpc) is 3.43. The molecule has 2 heterocycles. The van der Waals surface area contributed by atoms with E-state index in [1.54, 1.807) is 54.6 Å². The predicted octanol–water partition coefficient (Wildman–Crippen LogP) is 4.29. The quantitative estimate of drug-likeness (QED) is 0.428. The van der Waals surface area contributed by atoms with Crippen LogP contribution in [0.5, 0.6) is 11.5 Å². The van der Waals surface area contributed by atoms with Gasteiger partial charge in [-0.25, -0.2) is 4.79 Å². The molecule has 0 unspecified atom stereocenters. The standard InChI is InChI=1S/C22H16BrNO6/c23-17-6-2-1-5-16(17)21(25)24-18(22(26)28-12-15-4-3-9-27-15)10-14-7-8-19-20(11-14)30-13-29-19/h1-11H,12-13H2,(H,24,25)/b18-10-. The first-order chi connectivity index (χ1) is 14.6. The molecule has 0 atom stereocenters. The molecule has 2 aromatic carbocycles. The zero-order valence-corrected chi connectivity index (χ0v) is 17.2. The summed E-state index contributed by atoms with van der Waals surface area (Å²) in [6.45, 7) is 0.0779. The van der Waals surface area contributed by atoms with Gasteiger partial charge in [0.2, 0.25) is 6.79 Å². The van der Waals surface area contributed by atoms with Gasteiger partial charge in [0.05, 0.1) is 11.8 Å². The number of hydrogen-bond donors (Lipinski definition) is 1. The summed E-state index contributed by atoms with van der Waals surface area (Å²) in [6, 6.07) is 15.5. The third kappa shape index (κ3) is 4.55. The number of furan rings is 1. The Kier molecular flexibility index (Phi) is 5.85. The second-order valence-electron chi connectivity index (χ2n) is 6.26. The van der Waals surface area contributed by atoms with Crippen LogP contribution in [-0.2, 0) is 16.1 Å². The van der Waals surface area contributed by atoms with Crippen molar-refractivity contribution < 1.29 is 28.2 Å². The van der Waals surface area contributed by atoms with Crippen LogP contribution in [-0.4, -0.2) is 18.7 Å². The molecular weight excluding hydrogens is 454 g/mol. The molecule has 1 aliphatic rings. The number of halogens is 1.